The highest BCUT2D eigenvalue weighted by Gasteiger charge is 2.30. The molecular weight excluding hydrogens is 408 g/mol. The molecule has 31 heavy (non-hydrogen) atoms. The van der Waals surface area contributed by atoms with Crippen LogP contribution in [0.5, 0.6) is 0 Å². The summed E-state index contributed by atoms with van der Waals surface area (Å²) in [6, 6.07) is 24.4. The van der Waals surface area contributed by atoms with E-state index in [0.717, 1.165) is 22.3 Å². The van der Waals surface area contributed by atoms with Gasteiger partial charge in [0.25, 0.3) is 0 Å². The molecular formula is C26H27ClN2O2. The average molecular weight is 435 g/mol. The van der Waals surface area contributed by atoms with Crippen molar-refractivity contribution < 1.29 is 9.59 Å². The highest BCUT2D eigenvalue weighted by molar-refractivity contribution is 6.30. The minimum atomic E-state index is -0.625. The topological polar surface area (TPSA) is 49.4 Å². The molecule has 0 saturated heterocycles. The number of carbonyl (C=O) groups is 2. The Morgan fingerprint density at radius 1 is 0.903 bits per heavy atom. The van der Waals surface area contributed by atoms with Crippen LogP contribution in [0.2, 0.25) is 5.02 Å². The number of halogens is 1. The predicted molar refractivity (Wildman–Crippen MR) is 125 cm³/mol. The van der Waals surface area contributed by atoms with Gasteiger partial charge in [-0.25, -0.2) is 0 Å². The van der Waals surface area contributed by atoms with E-state index in [4.69, 9.17) is 11.6 Å². The number of carbonyl (C=O) groups excluding carboxylic acids is 2. The summed E-state index contributed by atoms with van der Waals surface area (Å²) < 4.78 is 0. The summed E-state index contributed by atoms with van der Waals surface area (Å²) >= 11 is 6.03. The second kappa shape index (κ2) is 10.8. The lowest BCUT2D eigenvalue weighted by molar-refractivity contribution is -0.140. The molecule has 0 heterocycles. The molecule has 0 spiro atoms. The predicted octanol–water partition coefficient (Wildman–Crippen LogP) is 4.58. The van der Waals surface area contributed by atoms with Crippen LogP contribution >= 0.6 is 11.6 Å². The Bertz CT molecular complexity index is 1020. The summed E-state index contributed by atoms with van der Waals surface area (Å²) in [6.45, 7) is 2.32. The van der Waals surface area contributed by atoms with E-state index >= 15 is 0 Å². The van der Waals surface area contributed by atoms with Gasteiger partial charge in [0.1, 0.15) is 6.04 Å². The zero-order chi connectivity index (χ0) is 22.2. The standard InChI is InChI=1S/C26H27ClN2O2/c1-19-8-6-7-11-22(19)17-25(30)29(18-21-12-14-23(27)15-13-21)24(26(31)28-2)16-20-9-4-3-5-10-20/h3-15,24H,16-18H2,1-2H3,(H,28,31). The first-order valence-electron chi connectivity index (χ1n) is 10.3. The van der Waals surface area contributed by atoms with Gasteiger partial charge in [-0.15, -0.1) is 0 Å². The Balaban J connectivity index is 1.94. The molecule has 0 aromatic heterocycles. The minimum absolute atomic E-state index is 0.0891. The molecule has 0 saturated carbocycles. The summed E-state index contributed by atoms with van der Waals surface area (Å²) in [4.78, 5) is 28.1. The van der Waals surface area contributed by atoms with Gasteiger partial charge in [0, 0.05) is 25.0 Å². The van der Waals surface area contributed by atoms with E-state index in [1.165, 1.54) is 0 Å². The van der Waals surface area contributed by atoms with Crippen LogP contribution < -0.4 is 5.32 Å². The van der Waals surface area contributed by atoms with Crippen molar-refractivity contribution in [2.45, 2.75) is 32.4 Å². The fraction of sp³-hybridized carbons (Fsp3) is 0.231. The number of hydrogen-bond donors (Lipinski definition) is 1. The first kappa shape index (κ1) is 22.6. The molecule has 160 valence electrons. The SMILES string of the molecule is CNC(=O)C(Cc1ccccc1)N(Cc1ccc(Cl)cc1)C(=O)Cc1ccccc1C. The minimum Gasteiger partial charge on any atom is -0.357 e. The van der Waals surface area contributed by atoms with E-state index in [0.29, 0.717) is 18.0 Å². The third kappa shape index (κ3) is 6.19. The van der Waals surface area contributed by atoms with Crippen LogP contribution in [0.1, 0.15) is 22.3 Å². The molecule has 0 aliphatic carbocycles. The van der Waals surface area contributed by atoms with Gasteiger partial charge >= 0.3 is 0 Å². The maximum absolute atomic E-state index is 13.5. The maximum Gasteiger partial charge on any atom is 0.242 e. The smallest absolute Gasteiger partial charge is 0.242 e. The zero-order valence-electron chi connectivity index (χ0n) is 17.8. The molecule has 0 aliphatic rings. The molecule has 3 aromatic rings. The van der Waals surface area contributed by atoms with Crippen molar-refractivity contribution >= 4 is 23.4 Å². The molecule has 1 unspecified atom stereocenters. The average Bonchev–Trinajstić information content (AvgIpc) is 2.79. The van der Waals surface area contributed by atoms with Crippen molar-refractivity contribution in [1.29, 1.82) is 0 Å². The lowest BCUT2D eigenvalue weighted by atomic mass is 10.0. The van der Waals surface area contributed by atoms with E-state index in [1.807, 2.05) is 73.7 Å². The van der Waals surface area contributed by atoms with Crippen molar-refractivity contribution in [2.75, 3.05) is 7.05 Å². The normalized spacial score (nSPS) is 11.6. The van der Waals surface area contributed by atoms with Crippen LogP contribution in [0.4, 0.5) is 0 Å². The Hall–Kier alpha value is -3.11. The van der Waals surface area contributed by atoms with Crippen molar-refractivity contribution in [3.05, 3.63) is 106 Å². The molecule has 0 aliphatic heterocycles. The Labute approximate surface area is 188 Å². The fourth-order valence-corrected chi connectivity index (χ4v) is 3.71. The summed E-state index contributed by atoms with van der Waals surface area (Å²) in [5.41, 5.74) is 3.94. The summed E-state index contributed by atoms with van der Waals surface area (Å²) in [6.07, 6.45) is 0.677. The van der Waals surface area contributed by atoms with Crippen LogP contribution in [0.25, 0.3) is 0 Å². The van der Waals surface area contributed by atoms with Crippen molar-refractivity contribution in [1.82, 2.24) is 10.2 Å². The summed E-state index contributed by atoms with van der Waals surface area (Å²) in [5, 5.41) is 3.37. The summed E-state index contributed by atoms with van der Waals surface area (Å²) in [7, 11) is 1.60. The molecule has 1 N–H and O–H groups in total. The number of hydrogen-bond acceptors (Lipinski definition) is 2. The van der Waals surface area contributed by atoms with Gasteiger partial charge in [0.2, 0.25) is 11.8 Å². The zero-order valence-corrected chi connectivity index (χ0v) is 18.6. The van der Waals surface area contributed by atoms with Crippen molar-refractivity contribution in [2.24, 2.45) is 0 Å². The Kier molecular flexibility index (Phi) is 7.85. The van der Waals surface area contributed by atoms with Gasteiger partial charge < -0.3 is 10.2 Å². The van der Waals surface area contributed by atoms with Crippen LogP contribution in [-0.2, 0) is 29.0 Å². The molecule has 0 radical (unpaired) electrons. The van der Waals surface area contributed by atoms with E-state index in [2.05, 4.69) is 5.32 Å². The number of benzene rings is 3. The largest absolute Gasteiger partial charge is 0.357 e. The lowest BCUT2D eigenvalue weighted by Gasteiger charge is -2.31. The van der Waals surface area contributed by atoms with E-state index < -0.39 is 6.04 Å². The second-order valence-electron chi connectivity index (χ2n) is 7.57. The van der Waals surface area contributed by atoms with Crippen LogP contribution in [0.15, 0.2) is 78.9 Å². The quantitative estimate of drug-likeness (QED) is 0.564. The number of rotatable bonds is 8. The molecule has 0 fully saturated rings. The highest BCUT2D eigenvalue weighted by Crippen LogP contribution is 2.19. The van der Waals surface area contributed by atoms with Crippen LogP contribution in [0.3, 0.4) is 0 Å². The number of amides is 2. The number of likely N-dealkylation sites (N-methyl/N-ethyl adjacent to an activating group) is 1. The molecule has 3 aromatic carbocycles. The number of nitrogens with one attached hydrogen (secondary N) is 1. The van der Waals surface area contributed by atoms with Crippen molar-refractivity contribution in [3.63, 3.8) is 0 Å². The molecule has 4 nitrogen and oxygen atoms in total. The second-order valence-corrected chi connectivity index (χ2v) is 8.01. The monoisotopic (exact) mass is 434 g/mol. The third-order valence-corrected chi connectivity index (χ3v) is 5.64. The number of aryl methyl sites for hydroxylation is 1. The summed E-state index contributed by atoms with van der Waals surface area (Å²) in [5.74, 6) is -0.273. The maximum atomic E-state index is 13.5. The van der Waals surface area contributed by atoms with Gasteiger partial charge in [0.15, 0.2) is 0 Å². The van der Waals surface area contributed by atoms with Gasteiger partial charge in [-0.2, -0.15) is 0 Å². The molecule has 3 rings (SSSR count). The van der Waals surface area contributed by atoms with Gasteiger partial charge in [-0.05, 0) is 41.3 Å². The van der Waals surface area contributed by atoms with E-state index in [9.17, 15) is 9.59 Å². The lowest BCUT2D eigenvalue weighted by Crippen LogP contribution is -2.50. The number of nitrogens with zero attached hydrogens (tertiary/aromatic N) is 1. The Morgan fingerprint density at radius 2 is 1.55 bits per heavy atom. The van der Waals surface area contributed by atoms with E-state index in [-0.39, 0.29) is 18.2 Å². The third-order valence-electron chi connectivity index (χ3n) is 5.39. The molecule has 5 heteroatoms. The van der Waals surface area contributed by atoms with Gasteiger partial charge in [0.05, 0.1) is 6.42 Å². The van der Waals surface area contributed by atoms with E-state index in [1.54, 1.807) is 24.1 Å². The fourth-order valence-electron chi connectivity index (χ4n) is 3.58. The van der Waals surface area contributed by atoms with Gasteiger partial charge in [-0.1, -0.05) is 78.3 Å². The van der Waals surface area contributed by atoms with Crippen LogP contribution in [-0.4, -0.2) is 29.8 Å². The first-order valence-corrected chi connectivity index (χ1v) is 10.7. The van der Waals surface area contributed by atoms with Gasteiger partial charge in [-0.3, -0.25) is 9.59 Å². The molecule has 2 amide bonds. The molecule has 1 atom stereocenters. The first-order chi connectivity index (χ1) is 15.0. The molecule has 0 bridgehead atoms. The Morgan fingerprint density at radius 3 is 2.19 bits per heavy atom. The van der Waals surface area contributed by atoms with Crippen molar-refractivity contribution in [3.8, 4) is 0 Å². The highest BCUT2D eigenvalue weighted by atomic mass is 35.5. The van der Waals surface area contributed by atoms with Crippen LogP contribution in [0, 0.1) is 6.92 Å².